The van der Waals surface area contributed by atoms with Gasteiger partial charge >= 0.3 is 0 Å². The van der Waals surface area contributed by atoms with Crippen LogP contribution in [0, 0.1) is 0 Å². The summed E-state index contributed by atoms with van der Waals surface area (Å²) in [5, 5.41) is 0.153. The van der Waals surface area contributed by atoms with Crippen LogP contribution in [0.2, 0.25) is 5.02 Å². The normalized spacial score (nSPS) is 11.8. The van der Waals surface area contributed by atoms with Crippen LogP contribution in [-0.2, 0) is 10.0 Å². The van der Waals surface area contributed by atoms with Crippen molar-refractivity contribution in [2.75, 3.05) is 19.5 Å². The molecule has 1 aromatic heterocycles. The number of nitrogens with two attached hydrogens (primary N) is 1. The molecule has 15 heavy (non-hydrogen) atoms. The minimum atomic E-state index is -3.60. The highest BCUT2D eigenvalue weighted by molar-refractivity contribution is 7.89. The monoisotopic (exact) mass is 250 g/mol. The van der Waals surface area contributed by atoms with E-state index in [1.807, 2.05) is 0 Å². The van der Waals surface area contributed by atoms with Crippen LogP contribution in [-0.4, -0.2) is 31.8 Å². The van der Waals surface area contributed by atoms with Gasteiger partial charge in [-0.2, -0.15) is 0 Å². The molecule has 1 heterocycles. The van der Waals surface area contributed by atoms with Gasteiger partial charge in [-0.25, -0.2) is 12.7 Å². The van der Waals surface area contributed by atoms with Gasteiger partial charge in [0.2, 0.25) is 10.0 Å². The van der Waals surface area contributed by atoms with Gasteiger partial charge in [-0.3, -0.25) is 10.8 Å². The van der Waals surface area contributed by atoms with Crippen molar-refractivity contribution in [1.29, 1.82) is 0 Å². The predicted molar refractivity (Wildman–Crippen MR) is 57.9 cm³/mol. The fourth-order valence-corrected chi connectivity index (χ4v) is 2.23. The lowest BCUT2D eigenvalue weighted by Gasteiger charge is -2.14. The SMILES string of the molecule is CN(C)S(=O)(=O)c1cncc(Cl)c1NN. The van der Waals surface area contributed by atoms with Crippen molar-refractivity contribution >= 4 is 27.3 Å². The van der Waals surface area contributed by atoms with Gasteiger partial charge in [0, 0.05) is 26.5 Å². The zero-order valence-electron chi connectivity index (χ0n) is 8.23. The van der Waals surface area contributed by atoms with E-state index in [4.69, 9.17) is 17.4 Å². The molecule has 0 saturated carbocycles. The van der Waals surface area contributed by atoms with Gasteiger partial charge in [0.05, 0.1) is 10.7 Å². The summed E-state index contributed by atoms with van der Waals surface area (Å²) in [6.07, 6.45) is 2.50. The summed E-state index contributed by atoms with van der Waals surface area (Å²) in [4.78, 5) is 3.65. The third kappa shape index (κ3) is 2.20. The van der Waals surface area contributed by atoms with E-state index in [-0.39, 0.29) is 15.6 Å². The number of hydrogen-bond donors (Lipinski definition) is 2. The van der Waals surface area contributed by atoms with Crippen molar-refractivity contribution in [3.05, 3.63) is 17.4 Å². The van der Waals surface area contributed by atoms with Crippen LogP contribution in [0.5, 0.6) is 0 Å². The summed E-state index contributed by atoms with van der Waals surface area (Å²) >= 11 is 5.75. The number of hydrogen-bond acceptors (Lipinski definition) is 5. The molecule has 0 radical (unpaired) electrons. The van der Waals surface area contributed by atoms with Crippen LogP contribution in [0.3, 0.4) is 0 Å². The second-order valence-electron chi connectivity index (χ2n) is 2.93. The summed E-state index contributed by atoms with van der Waals surface area (Å²) in [7, 11) is -0.772. The van der Waals surface area contributed by atoms with Crippen LogP contribution in [0.15, 0.2) is 17.3 Å². The highest BCUT2D eigenvalue weighted by atomic mass is 35.5. The number of sulfonamides is 1. The minimum absolute atomic E-state index is 0.0532. The second kappa shape index (κ2) is 4.31. The molecule has 1 aromatic rings. The molecule has 0 amide bonds. The Morgan fingerprint density at radius 1 is 1.47 bits per heavy atom. The molecule has 0 aliphatic rings. The summed E-state index contributed by atoms with van der Waals surface area (Å²) in [6, 6.07) is 0. The summed E-state index contributed by atoms with van der Waals surface area (Å²) in [6.45, 7) is 0. The fraction of sp³-hybridized carbons (Fsp3) is 0.286. The molecule has 0 atom stereocenters. The molecule has 0 unspecified atom stereocenters. The smallest absolute Gasteiger partial charge is 0.246 e. The Morgan fingerprint density at radius 3 is 2.53 bits per heavy atom. The van der Waals surface area contributed by atoms with E-state index in [0.717, 1.165) is 4.31 Å². The zero-order chi connectivity index (χ0) is 11.6. The van der Waals surface area contributed by atoms with E-state index >= 15 is 0 Å². The number of pyridine rings is 1. The number of halogens is 1. The lowest BCUT2D eigenvalue weighted by atomic mass is 10.4. The van der Waals surface area contributed by atoms with Crippen LogP contribution in [0.25, 0.3) is 0 Å². The maximum absolute atomic E-state index is 11.8. The molecule has 3 N–H and O–H groups in total. The molecule has 0 aliphatic carbocycles. The van der Waals surface area contributed by atoms with Crippen molar-refractivity contribution in [2.45, 2.75) is 4.90 Å². The van der Waals surface area contributed by atoms with Crippen LogP contribution in [0.4, 0.5) is 5.69 Å². The second-order valence-corrected chi connectivity index (χ2v) is 5.45. The Hall–Kier alpha value is -0.890. The van der Waals surface area contributed by atoms with Crippen molar-refractivity contribution in [3.63, 3.8) is 0 Å². The summed E-state index contributed by atoms with van der Waals surface area (Å²) < 4.78 is 24.6. The Labute approximate surface area is 93.1 Å². The maximum atomic E-state index is 11.8. The van der Waals surface area contributed by atoms with Gasteiger partial charge in [0.15, 0.2) is 0 Å². The van der Waals surface area contributed by atoms with Crippen LogP contribution >= 0.6 is 11.6 Å². The molecule has 0 aliphatic heterocycles. The Kier molecular flexibility index (Phi) is 3.50. The highest BCUT2D eigenvalue weighted by Crippen LogP contribution is 2.28. The molecule has 0 fully saturated rings. The predicted octanol–water partition coefficient (Wildman–Crippen LogP) is 0.271. The fourth-order valence-electron chi connectivity index (χ4n) is 0.950. The van der Waals surface area contributed by atoms with Crippen molar-refractivity contribution in [2.24, 2.45) is 5.84 Å². The lowest BCUT2D eigenvalue weighted by molar-refractivity contribution is 0.520. The Morgan fingerprint density at radius 2 is 2.07 bits per heavy atom. The van der Waals surface area contributed by atoms with E-state index in [1.54, 1.807) is 0 Å². The molecule has 8 heteroatoms. The molecule has 84 valence electrons. The maximum Gasteiger partial charge on any atom is 0.246 e. The number of aromatic nitrogens is 1. The van der Waals surface area contributed by atoms with E-state index in [2.05, 4.69) is 10.4 Å². The standard InChI is InChI=1S/C7H11ClN4O2S/c1-12(2)15(13,14)6-4-10-3-5(8)7(6)11-9/h3-4H,9H2,1-2H3,(H,10,11). The van der Waals surface area contributed by atoms with E-state index in [0.29, 0.717) is 0 Å². The first-order chi connectivity index (χ1) is 6.91. The number of rotatable bonds is 3. The van der Waals surface area contributed by atoms with Crippen molar-refractivity contribution in [1.82, 2.24) is 9.29 Å². The van der Waals surface area contributed by atoms with Gasteiger partial charge in [0.1, 0.15) is 4.90 Å². The average Bonchev–Trinajstić information content (AvgIpc) is 2.17. The zero-order valence-corrected chi connectivity index (χ0v) is 9.80. The first kappa shape index (κ1) is 12.2. The number of hydrazine groups is 1. The molecule has 1 rings (SSSR count). The summed E-state index contributed by atoms with van der Waals surface area (Å²) in [5.41, 5.74) is 2.39. The van der Waals surface area contributed by atoms with Gasteiger partial charge in [-0.05, 0) is 0 Å². The van der Waals surface area contributed by atoms with Crippen molar-refractivity contribution < 1.29 is 8.42 Å². The first-order valence-electron chi connectivity index (χ1n) is 3.94. The van der Waals surface area contributed by atoms with Gasteiger partial charge in [0.25, 0.3) is 0 Å². The number of anilines is 1. The van der Waals surface area contributed by atoms with Crippen LogP contribution in [0.1, 0.15) is 0 Å². The van der Waals surface area contributed by atoms with E-state index < -0.39 is 10.0 Å². The van der Waals surface area contributed by atoms with Gasteiger partial charge < -0.3 is 5.43 Å². The topological polar surface area (TPSA) is 88.3 Å². The lowest BCUT2D eigenvalue weighted by Crippen LogP contribution is -2.24. The van der Waals surface area contributed by atoms with Gasteiger partial charge in [-0.15, -0.1) is 0 Å². The highest BCUT2D eigenvalue weighted by Gasteiger charge is 2.22. The van der Waals surface area contributed by atoms with E-state index in [1.165, 1.54) is 26.5 Å². The Bertz CT molecular complexity index is 460. The quantitative estimate of drug-likeness (QED) is 0.594. The van der Waals surface area contributed by atoms with Crippen LogP contribution < -0.4 is 11.3 Å². The third-order valence-electron chi connectivity index (χ3n) is 1.77. The minimum Gasteiger partial charge on any atom is -0.321 e. The first-order valence-corrected chi connectivity index (χ1v) is 5.75. The molecule has 0 saturated heterocycles. The Balaban J connectivity index is 3.45. The van der Waals surface area contributed by atoms with Gasteiger partial charge in [-0.1, -0.05) is 11.6 Å². The number of nitrogens with zero attached hydrogens (tertiary/aromatic N) is 2. The van der Waals surface area contributed by atoms with E-state index in [9.17, 15) is 8.42 Å². The molecular formula is C7H11ClN4O2S. The average molecular weight is 251 g/mol. The number of nitrogen functional groups attached to an aromatic ring is 1. The molecule has 6 nitrogen and oxygen atoms in total. The largest absolute Gasteiger partial charge is 0.321 e. The molecular weight excluding hydrogens is 240 g/mol. The molecule has 0 bridgehead atoms. The summed E-state index contributed by atoms with van der Waals surface area (Å²) in [5.74, 6) is 5.20. The van der Waals surface area contributed by atoms with Crippen molar-refractivity contribution in [3.8, 4) is 0 Å². The molecule has 0 spiro atoms. The molecule has 0 aromatic carbocycles. The number of nitrogens with one attached hydrogen (secondary N) is 1. The third-order valence-corrected chi connectivity index (χ3v) is 3.88.